The van der Waals surface area contributed by atoms with Crippen molar-refractivity contribution in [1.29, 1.82) is 0 Å². The highest BCUT2D eigenvalue weighted by Gasteiger charge is 2.28. The second kappa shape index (κ2) is 39.5. The van der Waals surface area contributed by atoms with Gasteiger partial charge in [0.2, 0.25) is 47.6 Å². The first-order valence-corrected chi connectivity index (χ1v) is 40.2. The monoisotopic (exact) mass is 1670 g/mol. The Labute approximate surface area is 699 Å². The second-order valence-corrected chi connectivity index (χ2v) is 29.3. The van der Waals surface area contributed by atoms with Gasteiger partial charge in [0.05, 0.1) is 63.2 Å². The number of aromatic nitrogens is 19. The van der Waals surface area contributed by atoms with Crippen LogP contribution in [0.3, 0.4) is 0 Å². The number of aliphatic hydroxyl groups is 3. The molecule has 18 rings (SSSR count). The lowest BCUT2D eigenvalue weighted by Crippen LogP contribution is -2.43. The van der Waals surface area contributed by atoms with Crippen molar-refractivity contribution in [3.63, 3.8) is 0 Å². The number of morpholine rings is 2. The van der Waals surface area contributed by atoms with Crippen molar-refractivity contribution in [3.8, 4) is 29.0 Å². The number of rotatable bonds is 22. The molecule has 8 aromatic heterocycles. The molecular formula is C79H97F3N34O6. The van der Waals surface area contributed by atoms with E-state index >= 15 is 0 Å². The molecule has 40 nitrogen and oxygen atoms in total. The summed E-state index contributed by atoms with van der Waals surface area (Å²) < 4.78 is 65.1. The summed E-state index contributed by atoms with van der Waals surface area (Å²) in [5.41, 5.74) is 28.5. The summed E-state index contributed by atoms with van der Waals surface area (Å²) in [5, 5.41) is 60.8. The lowest BCUT2D eigenvalue weighted by Gasteiger charge is -2.31. The van der Waals surface area contributed by atoms with Gasteiger partial charge in [0.25, 0.3) is 0 Å². The molecule has 43 heteroatoms. The normalized spacial score (nSPS) is 16.4. The highest BCUT2D eigenvalue weighted by atomic mass is 19.1. The van der Waals surface area contributed by atoms with Crippen LogP contribution in [0.15, 0.2) is 140 Å². The summed E-state index contributed by atoms with van der Waals surface area (Å²) in [6, 6.07) is 33.6. The molecule has 12 aromatic rings. The van der Waals surface area contributed by atoms with Gasteiger partial charge in [-0.2, -0.15) is 38.7 Å². The van der Waals surface area contributed by atoms with Gasteiger partial charge in [0, 0.05) is 152 Å². The molecule has 6 saturated heterocycles. The van der Waals surface area contributed by atoms with Crippen molar-refractivity contribution in [3.05, 3.63) is 158 Å². The van der Waals surface area contributed by atoms with Gasteiger partial charge in [-0.25, -0.2) is 48.1 Å². The third-order valence-corrected chi connectivity index (χ3v) is 21.4. The van der Waals surface area contributed by atoms with Crippen molar-refractivity contribution in [1.82, 2.24) is 99.3 Å². The summed E-state index contributed by atoms with van der Waals surface area (Å²) in [7, 11) is 1.47. The smallest absolute Gasteiger partial charge is 0.248 e. The van der Waals surface area contributed by atoms with Gasteiger partial charge in [-0.3, -0.25) is 0 Å². The van der Waals surface area contributed by atoms with E-state index in [4.69, 9.17) is 37.1 Å². The number of halogens is 3. The fraction of sp³-hybridized carbons (Fsp3) is 0.380. The summed E-state index contributed by atoms with van der Waals surface area (Å²) in [4.78, 5) is 59.8. The van der Waals surface area contributed by atoms with E-state index in [0.717, 1.165) is 152 Å². The number of nitrogens with one attached hydrogen (secondary N) is 5. The number of aliphatic hydroxyl groups excluding tert-OH is 3. The number of pyridine rings is 1. The molecule has 0 amide bonds. The van der Waals surface area contributed by atoms with E-state index in [1.54, 1.807) is 42.6 Å². The summed E-state index contributed by atoms with van der Waals surface area (Å²) in [5.74, 6) is 5.47. The van der Waals surface area contributed by atoms with Gasteiger partial charge in [0.15, 0.2) is 23.3 Å². The van der Waals surface area contributed by atoms with E-state index in [2.05, 4.69) is 138 Å². The zero-order valence-corrected chi connectivity index (χ0v) is 67.1. The predicted octanol–water partition coefficient (Wildman–Crippen LogP) is 6.02. The number of piperazine rings is 1. The molecule has 0 aliphatic carbocycles. The maximum Gasteiger partial charge on any atom is 0.248 e. The summed E-state index contributed by atoms with van der Waals surface area (Å²) in [6.07, 6.45) is 11.5. The predicted molar refractivity (Wildman–Crippen MR) is 456 cm³/mol. The fourth-order valence-electron chi connectivity index (χ4n) is 14.7. The Morgan fingerprint density at radius 1 is 0.410 bits per heavy atom. The number of anilines is 18. The zero-order chi connectivity index (χ0) is 84.4. The second-order valence-electron chi connectivity index (χ2n) is 29.3. The number of ether oxygens (including phenoxy) is 3. The van der Waals surface area contributed by atoms with Crippen LogP contribution >= 0.6 is 0 Å². The van der Waals surface area contributed by atoms with Crippen LogP contribution in [0.4, 0.5) is 118 Å². The van der Waals surface area contributed by atoms with E-state index in [1.807, 2.05) is 47.4 Å². The van der Waals surface area contributed by atoms with E-state index in [-0.39, 0.29) is 78.6 Å². The van der Waals surface area contributed by atoms with E-state index < -0.39 is 17.5 Å². The quantitative estimate of drug-likeness (QED) is 0.0369. The topological polar surface area (TPSA) is 485 Å². The van der Waals surface area contributed by atoms with Crippen LogP contribution in [-0.2, 0) is 9.47 Å². The molecule has 0 unspecified atom stereocenters. The maximum absolute atomic E-state index is 14.8. The van der Waals surface area contributed by atoms with Crippen molar-refractivity contribution in [2.45, 2.75) is 44.6 Å². The van der Waals surface area contributed by atoms with Crippen LogP contribution in [0.5, 0.6) is 5.75 Å². The first-order chi connectivity index (χ1) is 59.6. The molecule has 16 N–H and O–H groups in total. The molecule has 0 saturated carbocycles. The van der Waals surface area contributed by atoms with Gasteiger partial charge >= 0.3 is 0 Å². The lowest BCUT2D eigenvalue weighted by atomic mass is 9.98. The first kappa shape index (κ1) is 83.4. The van der Waals surface area contributed by atoms with Crippen molar-refractivity contribution >= 4 is 105 Å². The molecule has 0 radical (unpaired) electrons. The SMILES string of the molecule is COc1ccc(Nc2nc(N)n(-c3cc(N4CCC(CO)CC4)ncn3)n2)c(F)c1.Nc1nc(Nc2ccc(N3CCNCC3)cc2)nn1-c1ccccn1.Nc1nc(Nc2ccc(N3CCOCC3)cc2F)nn1-c1cc(N2CCC(CO)CC2)ncn1.Nc1nc(Nc2ccc(N3CCOCC3)cc2F)nn1-c1cc(N2CCC[C@H]2CO)ncn1. The number of nitrogen functional groups attached to an aromatic ring is 4. The Morgan fingerprint density at radius 3 is 1.25 bits per heavy atom. The van der Waals surface area contributed by atoms with E-state index in [9.17, 15) is 28.5 Å². The fourth-order valence-corrected chi connectivity index (χ4v) is 14.7. The Kier molecular flexibility index (Phi) is 27.0. The molecule has 6 aliphatic rings. The van der Waals surface area contributed by atoms with Crippen molar-refractivity contribution in [2.24, 2.45) is 11.8 Å². The Bertz CT molecular complexity index is 5410. The summed E-state index contributed by atoms with van der Waals surface area (Å²) >= 11 is 0. The largest absolute Gasteiger partial charge is 0.497 e. The number of hydrogen-bond donors (Lipinski definition) is 12. The minimum absolute atomic E-state index is 0.0291. The Hall–Kier alpha value is -13.6. The molecule has 6 fully saturated rings. The van der Waals surface area contributed by atoms with Crippen LogP contribution in [0.2, 0.25) is 0 Å². The third kappa shape index (κ3) is 20.6. The minimum atomic E-state index is -0.500. The highest BCUT2D eigenvalue weighted by molar-refractivity contribution is 5.65. The number of benzene rings is 4. The number of piperidine rings is 2. The van der Waals surface area contributed by atoms with Crippen LogP contribution < -0.4 is 83.7 Å². The van der Waals surface area contributed by atoms with Crippen LogP contribution in [0, 0.1) is 29.3 Å². The standard InChI is InChI=1S/C22H28FN9O2.C21H26FN9O2.C19H23FN8O2.C17H20N8/c23-17-11-16(30-7-9-34-10-8-30)1-2-18(17)27-22-28-21(24)32(29-22)20-12-19(25-14-26-20)31-5-3-15(13-33)4-6-31;22-16-10-14(29-6-8-33-9-7-29)3-4-17(16)26-21-27-20(23)31(28-21)19-11-18(24-13-25-19)30-5-1-2-15(30)12-32;1-30-13-2-3-15(14(20)8-13)24-19-25-18(21)28(26-19)17-9-16(22-11-23-17)27-6-4-12(10-29)5-7-27;18-16-22-17(23-25(16)15-3-1-2-8-20-15)21-13-4-6-14(7-5-13)24-11-9-19-10-12-24/h1-2,11-12,14-15,33H,3-10,13H2,(H3,24,27,28,29);3-4,10-11,13,15,32H,1-2,5-9,12H2,(H3,23,26,27,28);2-3,8-9,11-12,29H,4-7,10H2,1H3,(H3,21,24,25,26);1-8,19H,9-12H2,(H3,18,21,22,23)/t;15-;;/m.0../s1. The molecule has 4 aromatic carbocycles. The molecule has 640 valence electrons. The van der Waals surface area contributed by atoms with Gasteiger partial charge in [-0.1, -0.05) is 6.07 Å². The number of hydrogen-bond acceptors (Lipinski definition) is 36. The maximum atomic E-state index is 14.8. The molecule has 0 bridgehead atoms. The zero-order valence-electron chi connectivity index (χ0n) is 67.1. The molecular weight excluding hydrogens is 1580 g/mol. The summed E-state index contributed by atoms with van der Waals surface area (Å²) in [6.45, 7) is 14.1. The molecule has 14 heterocycles. The van der Waals surface area contributed by atoms with Gasteiger partial charge in [0.1, 0.15) is 59.6 Å². The molecule has 6 aliphatic heterocycles. The number of nitrogens with two attached hydrogens (primary N) is 4. The Balaban J connectivity index is 0.000000127. The third-order valence-electron chi connectivity index (χ3n) is 21.4. The van der Waals surface area contributed by atoms with Gasteiger partial charge in [-0.15, -0.1) is 20.4 Å². The van der Waals surface area contributed by atoms with Gasteiger partial charge < -0.3 is 108 Å². The Morgan fingerprint density at radius 2 is 0.820 bits per heavy atom. The highest BCUT2D eigenvalue weighted by Crippen LogP contribution is 2.33. The van der Waals surface area contributed by atoms with Crippen molar-refractivity contribution in [2.75, 3.05) is 212 Å². The average Bonchev–Trinajstić information content (AvgIpc) is 1.66. The lowest BCUT2D eigenvalue weighted by molar-refractivity contribution is 0.122. The number of methoxy groups -OCH3 is 1. The molecule has 1 atom stereocenters. The molecule has 0 spiro atoms. The average molecular weight is 1680 g/mol. The number of nitrogens with zero attached hydrogens (tertiary/aromatic N) is 25. The van der Waals surface area contributed by atoms with Crippen LogP contribution in [-0.4, -0.2) is 254 Å². The van der Waals surface area contributed by atoms with Crippen LogP contribution in [0.25, 0.3) is 23.3 Å². The van der Waals surface area contributed by atoms with Crippen molar-refractivity contribution < 1.29 is 42.7 Å². The van der Waals surface area contributed by atoms with E-state index in [0.29, 0.717) is 85.0 Å². The molecule has 122 heavy (non-hydrogen) atoms. The van der Waals surface area contributed by atoms with E-state index in [1.165, 1.54) is 74.8 Å². The van der Waals surface area contributed by atoms with Crippen LogP contribution in [0.1, 0.15) is 38.5 Å². The minimum Gasteiger partial charge on any atom is -0.497 e. The first-order valence-electron chi connectivity index (χ1n) is 40.2. The van der Waals surface area contributed by atoms with Gasteiger partial charge in [-0.05, 0) is 135 Å².